The highest BCUT2D eigenvalue weighted by Gasteiger charge is 2.47. The fraction of sp³-hybridized carbons (Fsp3) is 0.304. The molecule has 0 spiro atoms. The van der Waals surface area contributed by atoms with E-state index >= 15 is 0 Å². The van der Waals surface area contributed by atoms with Crippen LogP contribution in [0.5, 0.6) is 5.75 Å². The van der Waals surface area contributed by atoms with Gasteiger partial charge in [0.1, 0.15) is 11.5 Å². The Balaban J connectivity index is 1.80. The van der Waals surface area contributed by atoms with Crippen LogP contribution in [0.3, 0.4) is 0 Å². The van der Waals surface area contributed by atoms with E-state index in [-0.39, 0.29) is 17.4 Å². The number of methoxy groups -OCH3 is 1. The molecule has 0 saturated carbocycles. The Morgan fingerprint density at radius 2 is 1.87 bits per heavy atom. The molecule has 2 aliphatic rings. The molecule has 2 aromatic carbocycles. The zero-order valence-electron chi connectivity index (χ0n) is 16.5. The molecule has 0 aliphatic carbocycles. The standard InChI is InChI=1S/C23H22BrNO5/c1-29-17-10-6-15(7-11-17)21(26)19-20(14-4-8-16(24)9-5-14)25(23(28)22(19)27)13-18-3-2-12-30-18/h4-11,18,20,26H,2-3,12-13H2,1H3. The lowest BCUT2D eigenvalue weighted by Crippen LogP contribution is -2.36. The van der Waals surface area contributed by atoms with Gasteiger partial charge in [0, 0.05) is 23.2 Å². The van der Waals surface area contributed by atoms with Crippen LogP contribution in [-0.4, -0.2) is 48.1 Å². The summed E-state index contributed by atoms with van der Waals surface area (Å²) in [4.78, 5) is 27.5. The average molecular weight is 472 g/mol. The number of aliphatic hydroxyl groups is 1. The van der Waals surface area contributed by atoms with Crippen molar-refractivity contribution >= 4 is 33.4 Å². The third kappa shape index (κ3) is 3.87. The lowest BCUT2D eigenvalue weighted by molar-refractivity contribution is -0.140. The molecule has 0 radical (unpaired) electrons. The number of amides is 1. The van der Waals surface area contributed by atoms with Gasteiger partial charge >= 0.3 is 0 Å². The average Bonchev–Trinajstić information content (AvgIpc) is 3.36. The first-order valence-electron chi connectivity index (χ1n) is 9.79. The highest BCUT2D eigenvalue weighted by atomic mass is 79.9. The van der Waals surface area contributed by atoms with E-state index in [2.05, 4.69) is 15.9 Å². The van der Waals surface area contributed by atoms with E-state index in [4.69, 9.17) is 9.47 Å². The molecule has 2 heterocycles. The summed E-state index contributed by atoms with van der Waals surface area (Å²) in [5.74, 6) is -0.865. The van der Waals surface area contributed by atoms with Crippen LogP contribution in [0, 0.1) is 0 Å². The van der Waals surface area contributed by atoms with Gasteiger partial charge in [0.2, 0.25) is 0 Å². The Hall–Kier alpha value is -2.64. The van der Waals surface area contributed by atoms with Crippen molar-refractivity contribution in [2.75, 3.05) is 20.3 Å². The molecule has 156 valence electrons. The lowest BCUT2D eigenvalue weighted by atomic mass is 9.95. The molecule has 30 heavy (non-hydrogen) atoms. The van der Waals surface area contributed by atoms with E-state index in [9.17, 15) is 14.7 Å². The number of halogens is 1. The minimum atomic E-state index is -0.686. The third-order valence-corrected chi connectivity index (χ3v) is 6.04. The molecule has 2 aliphatic heterocycles. The molecule has 2 atom stereocenters. The van der Waals surface area contributed by atoms with Gasteiger partial charge in [-0.05, 0) is 54.8 Å². The third-order valence-electron chi connectivity index (χ3n) is 5.51. The maximum absolute atomic E-state index is 13.0. The summed E-state index contributed by atoms with van der Waals surface area (Å²) in [6, 6.07) is 13.5. The topological polar surface area (TPSA) is 76.1 Å². The van der Waals surface area contributed by atoms with Crippen LogP contribution < -0.4 is 4.74 Å². The largest absolute Gasteiger partial charge is 0.507 e. The zero-order chi connectivity index (χ0) is 21.3. The molecule has 4 rings (SSSR count). The number of likely N-dealkylation sites (tertiary alicyclic amines) is 1. The number of hydrogen-bond donors (Lipinski definition) is 1. The molecule has 7 heteroatoms. The van der Waals surface area contributed by atoms with Gasteiger partial charge in [-0.15, -0.1) is 0 Å². The molecule has 2 fully saturated rings. The molecule has 2 unspecified atom stereocenters. The minimum absolute atomic E-state index is 0.0884. The first kappa shape index (κ1) is 20.6. The normalized spacial score (nSPS) is 23.2. The van der Waals surface area contributed by atoms with Crippen LogP contribution in [0.15, 0.2) is 58.6 Å². The number of ether oxygens (including phenoxy) is 2. The second-order valence-electron chi connectivity index (χ2n) is 7.37. The van der Waals surface area contributed by atoms with Crippen molar-refractivity contribution in [1.29, 1.82) is 0 Å². The fourth-order valence-electron chi connectivity index (χ4n) is 3.97. The van der Waals surface area contributed by atoms with E-state index in [1.165, 1.54) is 4.90 Å². The molecular weight excluding hydrogens is 450 g/mol. The zero-order valence-corrected chi connectivity index (χ0v) is 18.1. The summed E-state index contributed by atoms with van der Waals surface area (Å²) < 4.78 is 11.7. The monoisotopic (exact) mass is 471 g/mol. The predicted octanol–water partition coefficient (Wildman–Crippen LogP) is 4.06. The summed E-state index contributed by atoms with van der Waals surface area (Å²) in [6.45, 7) is 0.966. The maximum atomic E-state index is 13.0. The van der Waals surface area contributed by atoms with Crippen LogP contribution in [0.1, 0.15) is 30.0 Å². The molecule has 2 aromatic rings. The number of benzene rings is 2. The molecule has 2 saturated heterocycles. The highest BCUT2D eigenvalue weighted by Crippen LogP contribution is 2.40. The summed E-state index contributed by atoms with van der Waals surface area (Å²) in [5, 5.41) is 11.0. The smallest absolute Gasteiger partial charge is 0.295 e. The molecule has 0 bridgehead atoms. The van der Waals surface area contributed by atoms with E-state index in [1.54, 1.807) is 31.4 Å². The van der Waals surface area contributed by atoms with Crippen molar-refractivity contribution in [1.82, 2.24) is 4.90 Å². The molecule has 6 nitrogen and oxygen atoms in total. The number of hydrogen-bond acceptors (Lipinski definition) is 5. The SMILES string of the molecule is COc1ccc(C(O)=C2C(=O)C(=O)N(CC3CCCO3)C2c2ccc(Br)cc2)cc1. The van der Waals surface area contributed by atoms with Gasteiger partial charge in [-0.25, -0.2) is 0 Å². The Morgan fingerprint density at radius 3 is 2.47 bits per heavy atom. The number of ketones is 1. The van der Waals surface area contributed by atoms with E-state index in [1.807, 2.05) is 24.3 Å². The minimum Gasteiger partial charge on any atom is -0.507 e. The Morgan fingerprint density at radius 1 is 1.17 bits per heavy atom. The van der Waals surface area contributed by atoms with Crippen LogP contribution in [0.25, 0.3) is 5.76 Å². The quantitative estimate of drug-likeness (QED) is 0.404. The maximum Gasteiger partial charge on any atom is 0.295 e. The number of carbonyl (C=O) groups excluding carboxylic acids is 2. The second-order valence-corrected chi connectivity index (χ2v) is 8.28. The van der Waals surface area contributed by atoms with Gasteiger partial charge in [-0.1, -0.05) is 28.1 Å². The fourth-order valence-corrected chi connectivity index (χ4v) is 4.24. The van der Waals surface area contributed by atoms with Crippen LogP contribution in [0.2, 0.25) is 0 Å². The highest BCUT2D eigenvalue weighted by molar-refractivity contribution is 9.10. The number of Topliss-reactive ketones (excluding diaryl/α,β-unsaturated/α-hetero) is 1. The van der Waals surface area contributed by atoms with Gasteiger partial charge in [0.15, 0.2) is 0 Å². The lowest BCUT2D eigenvalue weighted by Gasteiger charge is -2.27. The van der Waals surface area contributed by atoms with Crippen molar-refractivity contribution in [2.45, 2.75) is 25.0 Å². The second kappa shape index (κ2) is 8.62. The number of nitrogens with zero attached hydrogens (tertiary/aromatic N) is 1. The van der Waals surface area contributed by atoms with Crippen LogP contribution in [0.4, 0.5) is 0 Å². The molecule has 1 amide bonds. The van der Waals surface area contributed by atoms with E-state index in [0.717, 1.165) is 22.9 Å². The van der Waals surface area contributed by atoms with Gasteiger partial charge < -0.3 is 19.5 Å². The molecule has 0 aromatic heterocycles. The summed E-state index contributed by atoms with van der Waals surface area (Å²) >= 11 is 3.42. The predicted molar refractivity (Wildman–Crippen MR) is 115 cm³/mol. The van der Waals surface area contributed by atoms with Crippen LogP contribution >= 0.6 is 15.9 Å². The van der Waals surface area contributed by atoms with Crippen LogP contribution in [-0.2, 0) is 14.3 Å². The Bertz CT molecular complexity index is 978. The van der Waals surface area contributed by atoms with Crippen molar-refractivity contribution in [2.24, 2.45) is 0 Å². The van der Waals surface area contributed by atoms with Crippen molar-refractivity contribution < 1.29 is 24.2 Å². The summed E-state index contributed by atoms with van der Waals surface area (Å²) in [5.41, 5.74) is 1.30. The summed E-state index contributed by atoms with van der Waals surface area (Å²) in [6.07, 6.45) is 1.67. The van der Waals surface area contributed by atoms with E-state index < -0.39 is 17.7 Å². The van der Waals surface area contributed by atoms with Gasteiger partial charge in [0.25, 0.3) is 11.7 Å². The van der Waals surface area contributed by atoms with Gasteiger partial charge in [0.05, 0.1) is 24.8 Å². The van der Waals surface area contributed by atoms with E-state index in [0.29, 0.717) is 24.5 Å². The van der Waals surface area contributed by atoms with Gasteiger partial charge in [-0.3, -0.25) is 9.59 Å². The first-order valence-corrected chi connectivity index (χ1v) is 10.6. The Labute approximate surface area is 183 Å². The molecular formula is C23H22BrNO5. The van der Waals surface area contributed by atoms with Crippen molar-refractivity contribution in [3.05, 3.63) is 69.7 Å². The van der Waals surface area contributed by atoms with Crippen molar-refractivity contribution in [3.8, 4) is 5.75 Å². The first-order chi connectivity index (χ1) is 14.5. The summed E-state index contributed by atoms with van der Waals surface area (Å²) in [7, 11) is 1.55. The Kier molecular flexibility index (Phi) is 5.92. The van der Waals surface area contributed by atoms with Gasteiger partial charge in [-0.2, -0.15) is 0 Å². The number of aliphatic hydroxyl groups excluding tert-OH is 1. The van der Waals surface area contributed by atoms with Crippen molar-refractivity contribution in [3.63, 3.8) is 0 Å². The molecule has 1 N–H and O–H groups in total. The number of carbonyl (C=O) groups is 2. The number of rotatable bonds is 5.